The molecule has 1 N–H and O–H groups in total. The summed E-state index contributed by atoms with van der Waals surface area (Å²) in [6.07, 6.45) is 1.02. The van der Waals surface area contributed by atoms with E-state index >= 15 is 0 Å². The second-order valence-electron chi connectivity index (χ2n) is 5.55. The highest BCUT2D eigenvalue weighted by Gasteiger charge is 2.23. The van der Waals surface area contributed by atoms with Gasteiger partial charge in [-0.05, 0) is 30.7 Å². The highest BCUT2D eigenvalue weighted by molar-refractivity contribution is 6.30. The van der Waals surface area contributed by atoms with E-state index in [1.54, 1.807) is 4.90 Å². The van der Waals surface area contributed by atoms with E-state index in [0.29, 0.717) is 19.5 Å². The van der Waals surface area contributed by atoms with Gasteiger partial charge in [-0.15, -0.1) is 0 Å². The number of hydrogen-bond acceptors (Lipinski definition) is 3. The first kappa shape index (κ1) is 16.3. The largest absolute Gasteiger partial charge is 0.390 e. The lowest BCUT2D eigenvalue weighted by Gasteiger charge is -2.26. The molecule has 0 aliphatic carbocycles. The molecule has 1 atom stereocenters. The summed E-state index contributed by atoms with van der Waals surface area (Å²) in [5, 5.41) is 10.9. The molecule has 1 aliphatic rings. The smallest absolute Gasteiger partial charge is 0.222 e. The van der Waals surface area contributed by atoms with Crippen LogP contribution in [0.15, 0.2) is 24.3 Å². The van der Waals surface area contributed by atoms with E-state index < -0.39 is 6.10 Å². The summed E-state index contributed by atoms with van der Waals surface area (Å²) in [5.74, 6) is 0.159. The molecular formula is C16H23ClN2O2. The number of likely N-dealkylation sites (N-methyl/N-ethyl adjacent to an activating group) is 1. The third-order valence-corrected chi connectivity index (χ3v) is 4.05. The first-order valence-corrected chi connectivity index (χ1v) is 7.89. The summed E-state index contributed by atoms with van der Waals surface area (Å²) in [6, 6.07) is 7.77. The van der Waals surface area contributed by atoms with E-state index in [2.05, 4.69) is 11.8 Å². The molecule has 21 heavy (non-hydrogen) atoms. The molecule has 1 heterocycles. The molecule has 1 amide bonds. The Morgan fingerprint density at radius 3 is 2.90 bits per heavy atom. The van der Waals surface area contributed by atoms with Crippen molar-refractivity contribution >= 4 is 17.5 Å². The van der Waals surface area contributed by atoms with Crippen LogP contribution in [-0.4, -0.2) is 53.1 Å². The van der Waals surface area contributed by atoms with Gasteiger partial charge >= 0.3 is 0 Å². The Bertz CT molecular complexity index is 481. The van der Waals surface area contributed by atoms with E-state index in [9.17, 15) is 9.90 Å². The Morgan fingerprint density at radius 1 is 1.48 bits per heavy atom. The van der Waals surface area contributed by atoms with Gasteiger partial charge in [0.2, 0.25) is 5.91 Å². The first-order valence-electron chi connectivity index (χ1n) is 7.51. The zero-order chi connectivity index (χ0) is 15.2. The van der Waals surface area contributed by atoms with E-state index in [1.807, 2.05) is 24.3 Å². The summed E-state index contributed by atoms with van der Waals surface area (Å²) < 4.78 is 0. The van der Waals surface area contributed by atoms with Crippen LogP contribution in [0.4, 0.5) is 0 Å². The average Bonchev–Trinajstić information content (AvgIpc) is 2.83. The van der Waals surface area contributed by atoms with Crippen molar-refractivity contribution in [3.05, 3.63) is 34.9 Å². The lowest BCUT2D eigenvalue weighted by molar-refractivity contribution is -0.129. The van der Waals surface area contributed by atoms with Gasteiger partial charge in [-0.3, -0.25) is 9.69 Å². The van der Waals surface area contributed by atoms with Gasteiger partial charge in [0.05, 0.1) is 6.10 Å². The molecule has 0 saturated carbocycles. The Hall–Kier alpha value is -1.10. The average molecular weight is 311 g/mol. The maximum Gasteiger partial charge on any atom is 0.222 e. The third kappa shape index (κ3) is 4.99. The van der Waals surface area contributed by atoms with Crippen LogP contribution in [0.5, 0.6) is 0 Å². The number of amides is 1. The fourth-order valence-corrected chi connectivity index (χ4v) is 2.92. The predicted octanol–water partition coefficient (Wildman–Crippen LogP) is 2.15. The number of carbonyl (C=O) groups is 1. The highest BCUT2D eigenvalue weighted by Crippen LogP contribution is 2.14. The molecule has 5 heteroatoms. The van der Waals surface area contributed by atoms with Crippen molar-refractivity contribution in [1.29, 1.82) is 0 Å². The molecule has 116 valence electrons. The third-order valence-electron chi connectivity index (χ3n) is 3.81. The molecule has 1 aromatic carbocycles. The zero-order valence-electron chi connectivity index (χ0n) is 12.5. The van der Waals surface area contributed by atoms with Gasteiger partial charge in [-0.1, -0.05) is 30.7 Å². The molecule has 0 bridgehead atoms. The number of halogens is 1. The molecule has 1 fully saturated rings. The number of nitrogens with zero attached hydrogens (tertiary/aromatic N) is 2. The van der Waals surface area contributed by atoms with E-state index in [4.69, 9.17) is 11.6 Å². The molecule has 0 radical (unpaired) electrons. The number of β-amino-alcohol motifs (C(OH)–C–C–N with tert-alkyl or cyclic N) is 1. The molecule has 1 aliphatic heterocycles. The minimum atomic E-state index is -0.508. The Balaban J connectivity index is 1.85. The second-order valence-corrected chi connectivity index (χ2v) is 5.99. The van der Waals surface area contributed by atoms with E-state index in [1.165, 1.54) is 0 Å². The van der Waals surface area contributed by atoms with Crippen molar-refractivity contribution in [2.24, 2.45) is 0 Å². The molecular weight excluding hydrogens is 288 g/mol. The molecule has 2 rings (SSSR count). The SMILES string of the molecule is CCN(Cc1cccc(Cl)c1)CC(O)CN1CCCC1=O. The molecule has 1 unspecified atom stereocenters. The molecule has 0 aromatic heterocycles. The standard InChI is InChI=1S/C16H23ClN2O2/c1-2-18(10-13-5-3-6-14(17)9-13)11-15(20)12-19-8-4-7-16(19)21/h3,5-6,9,15,20H,2,4,7-8,10-12H2,1H3. The van der Waals surface area contributed by atoms with Crippen molar-refractivity contribution < 1.29 is 9.90 Å². The van der Waals surface area contributed by atoms with Crippen LogP contribution in [0.1, 0.15) is 25.3 Å². The van der Waals surface area contributed by atoms with Gasteiger partial charge in [0.1, 0.15) is 0 Å². The number of hydrogen-bond donors (Lipinski definition) is 1. The lowest BCUT2D eigenvalue weighted by Crippen LogP contribution is -2.40. The molecule has 1 aromatic rings. The Kier molecular flexibility index (Phi) is 6.03. The van der Waals surface area contributed by atoms with Crippen molar-refractivity contribution in [3.8, 4) is 0 Å². The number of aliphatic hydroxyl groups excluding tert-OH is 1. The number of benzene rings is 1. The summed E-state index contributed by atoms with van der Waals surface area (Å²) in [6.45, 7) is 5.44. The van der Waals surface area contributed by atoms with Gasteiger partial charge in [0, 0.05) is 37.6 Å². The van der Waals surface area contributed by atoms with Crippen LogP contribution < -0.4 is 0 Å². The normalized spacial score (nSPS) is 16.8. The van der Waals surface area contributed by atoms with Crippen LogP contribution in [0.3, 0.4) is 0 Å². The van der Waals surface area contributed by atoms with Crippen LogP contribution in [0, 0.1) is 0 Å². The van der Waals surface area contributed by atoms with Crippen LogP contribution >= 0.6 is 11.6 Å². The Labute approximate surface area is 131 Å². The first-order chi connectivity index (χ1) is 10.1. The van der Waals surface area contributed by atoms with Crippen molar-refractivity contribution in [1.82, 2.24) is 9.80 Å². The van der Waals surface area contributed by atoms with Crippen LogP contribution in [-0.2, 0) is 11.3 Å². The van der Waals surface area contributed by atoms with Gasteiger partial charge in [-0.25, -0.2) is 0 Å². The van der Waals surface area contributed by atoms with Gasteiger partial charge < -0.3 is 10.0 Å². The number of rotatable bonds is 7. The summed E-state index contributed by atoms with van der Waals surface area (Å²) in [7, 11) is 0. The number of likely N-dealkylation sites (tertiary alicyclic amines) is 1. The van der Waals surface area contributed by atoms with Gasteiger partial charge in [0.25, 0.3) is 0 Å². The number of carbonyl (C=O) groups excluding carboxylic acids is 1. The predicted molar refractivity (Wildman–Crippen MR) is 84.2 cm³/mol. The number of aliphatic hydroxyl groups is 1. The van der Waals surface area contributed by atoms with E-state index in [-0.39, 0.29) is 5.91 Å². The maximum absolute atomic E-state index is 11.6. The summed E-state index contributed by atoms with van der Waals surface area (Å²) in [4.78, 5) is 15.5. The fourth-order valence-electron chi connectivity index (χ4n) is 2.71. The van der Waals surface area contributed by atoms with Crippen molar-refractivity contribution in [2.75, 3.05) is 26.2 Å². The maximum atomic E-state index is 11.6. The monoisotopic (exact) mass is 310 g/mol. The Morgan fingerprint density at radius 2 is 2.29 bits per heavy atom. The van der Waals surface area contributed by atoms with Gasteiger partial charge in [-0.2, -0.15) is 0 Å². The minimum absolute atomic E-state index is 0.159. The molecule has 1 saturated heterocycles. The molecule has 4 nitrogen and oxygen atoms in total. The lowest BCUT2D eigenvalue weighted by atomic mass is 10.2. The topological polar surface area (TPSA) is 43.8 Å². The van der Waals surface area contributed by atoms with Crippen LogP contribution in [0.25, 0.3) is 0 Å². The van der Waals surface area contributed by atoms with Crippen LogP contribution in [0.2, 0.25) is 5.02 Å². The quantitative estimate of drug-likeness (QED) is 0.839. The van der Waals surface area contributed by atoms with Gasteiger partial charge in [0.15, 0.2) is 0 Å². The minimum Gasteiger partial charge on any atom is -0.390 e. The highest BCUT2D eigenvalue weighted by atomic mass is 35.5. The fraction of sp³-hybridized carbons (Fsp3) is 0.562. The second kappa shape index (κ2) is 7.78. The van der Waals surface area contributed by atoms with Crippen molar-refractivity contribution in [3.63, 3.8) is 0 Å². The molecule has 0 spiro atoms. The van der Waals surface area contributed by atoms with Crippen molar-refractivity contribution in [2.45, 2.75) is 32.4 Å². The summed E-state index contributed by atoms with van der Waals surface area (Å²) >= 11 is 5.99. The summed E-state index contributed by atoms with van der Waals surface area (Å²) in [5.41, 5.74) is 1.13. The van der Waals surface area contributed by atoms with E-state index in [0.717, 1.165) is 36.6 Å². The zero-order valence-corrected chi connectivity index (χ0v) is 13.2.